The lowest BCUT2D eigenvalue weighted by Crippen LogP contribution is -2.02. The van der Waals surface area contributed by atoms with E-state index in [0.29, 0.717) is 30.4 Å². The minimum Gasteiger partial charge on any atom is -0.376 e. The predicted molar refractivity (Wildman–Crippen MR) is 82.7 cm³/mol. The Morgan fingerprint density at radius 2 is 2.18 bits per heavy atom. The summed E-state index contributed by atoms with van der Waals surface area (Å²) < 4.78 is 5.15. The van der Waals surface area contributed by atoms with Crippen LogP contribution in [0.4, 0.5) is 11.4 Å². The van der Waals surface area contributed by atoms with Crippen LogP contribution in [0.1, 0.15) is 44.0 Å². The lowest BCUT2D eigenvalue weighted by molar-refractivity contribution is -0.385. The summed E-state index contributed by atoms with van der Waals surface area (Å²) in [6.07, 6.45) is 3.53. The normalized spacial score (nSPS) is 10.6. The highest BCUT2D eigenvalue weighted by Crippen LogP contribution is 2.23. The molecule has 2 aromatic rings. The Kier molecular flexibility index (Phi) is 5.46. The molecule has 0 bridgehead atoms. The molecule has 7 nitrogen and oxygen atoms in total. The molecule has 1 aromatic heterocycles. The van der Waals surface area contributed by atoms with Gasteiger partial charge in [0.15, 0.2) is 5.82 Å². The van der Waals surface area contributed by atoms with E-state index in [0.717, 1.165) is 24.8 Å². The number of nitro groups is 1. The second kappa shape index (κ2) is 7.53. The van der Waals surface area contributed by atoms with Crippen LogP contribution in [0, 0.1) is 10.1 Å². The van der Waals surface area contributed by atoms with E-state index < -0.39 is 0 Å². The van der Waals surface area contributed by atoms with Crippen molar-refractivity contribution in [3.05, 3.63) is 45.6 Å². The first-order valence-corrected chi connectivity index (χ1v) is 7.46. The van der Waals surface area contributed by atoms with Crippen LogP contribution >= 0.6 is 0 Å². The molecule has 0 unspecified atom stereocenters. The number of hydrogen-bond acceptors (Lipinski definition) is 6. The summed E-state index contributed by atoms with van der Waals surface area (Å²) in [5.41, 5.74) is 1.51. The standard InChI is InChI=1S/C15H20N4O3/c1-3-5-6-14-17-15(22-18-14)10-16-12-8-7-11(4-2)13(9-12)19(20)21/h7-9,16H,3-6,10H2,1-2H3. The summed E-state index contributed by atoms with van der Waals surface area (Å²) in [4.78, 5) is 15.0. The monoisotopic (exact) mass is 304 g/mol. The van der Waals surface area contributed by atoms with Crippen LogP contribution in [0.25, 0.3) is 0 Å². The number of unbranched alkanes of at least 4 members (excludes halogenated alkanes) is 1. The second-order valence-electron chi connectivity index (χ2n) is 5.02. The molecular weight excluding hydrogens is 284 g/mol. The van der Waals surface area contributed by atoms with E-state index in [-0.39, 0.29) is 10.6 Å². The van der Waals surface area contributed by atoms with E-state index in [4.69, 9.17) is 4.52 Å². The van der Waals surface area contributed by atoms with E-state index in [2.05, 4.69) is 22.4 Å². The Bertz CT molecular complexity index is 639. The number of nitrogens with one attached hydrogen (secondary N) is 1. The summed E-state index contributed by atoms with van der Waals surface area (Å²) in [6, 6.07) is 5.12. The molecule has 0 aliphatic heterocycles. The second-order valence-corrected chi connectivity index (χ2v) is 5.02. The van der Waals surface area contributed by atoms with Gasteiger partial charge in [-0.1, -0.05) is 31.5 Å². The van der Waals surface area contributed by atoms with Crippen molar-refractivity contribution >= 4 is 11.4 Å². The van der Waals surface area contributed by atoms with Crippen molar-refractivity contribution in [1.82, 2.24) is 10.1 Å². The fourth-order valence-electron chi connectivity index (χ4n) is 2.12. The average Bonchev–Trinajstić information content (AvgIpc) is 2.98. The summed E-state index contributed by atoms with van der Waals surface area (Å²) in [5, 5.41) is 18.0. The number of hydrogen-bond donors (Lipinski definition) is 1. The summed E-state index contributed by atoms with van der Waals surface area (Å²) >= 11 is 0. The number of rotatable bonds is 8. The molecule has 1 heterocycles. The van der Waals surface area contributed by atoms with Gasteiger partial charge in [0.25, 0.3) is 5.69 Å². The Morgan fingerprint density at radius 1 is 1.36 bits per heavy atom. The van der Waals surface area contributed by atoms with Gasteiger partial charge in [0.1, 0.15) is 0 Å². The maximum Gasteiger partial charge on any atom is 0.274 e. The van der Waals surface area contributed by atoms with Crippen LogP contribution in [-0.2, 0) is 19.4 Å². The number of nitrogens with zero attached hydrogens (tertiary/aromatic N) is 3. The SMILES string of the molecule is CCCCc1noc(CNc2ccc(CC)c([N+](=O)[O-])c2)n1. The maximum absolute atomic E-state index is 11.0. The molecule has 0 fully saturated rings. The summed E-state index contributed by atoms with van der Waals surface area (Å²) in [6.45, 7) is 4.35. The third-order valence-corrected chi connectivity index (χ3v) is 3.37. The van der Waals surface area contributed by atoms with Crippen molar-refractivity contribution in [2.45, 2.75) is 46.1 Å². The Labute approximate surface area is 128 Å². The summed E-state index contributed by atoms with van der Waals surface area (Å²) in [7, 11) is 0. The van der Waals surface area contributed by atoms with Gasteiger partial charge in [0, 0.05) is 23.7 Å². The van der Waals surface area contributed by atoms with Gasteiger partial charge in [0.2, 0.25) is 5.89 Å². The van der Waals surface area contributed by atoms with Crippen molar-refractivity contribution in [3.8, 4) is 0 Å². The van der Waals surface area contributed by atoms with Gasteiger partial charge >= 0.3 is 0 Å². The van der Waals surface area contributed by atoms with Gasteiger partial charge in [-0.15, -0.1) is 0 Å². The van der Waals surface area contributed by atoms with Gasteiger partial charge in [-0.25, -0.2) is 0 Å². The fraction of sp³-hybridized carbons (Fsp3) is 0.467. The highest BCUT2D eigenvalue weighted by Gasteiger charge is 2.13. The van der Waals surface area contributed by atoms with E-state index in [1.807, 2.05) is 13.0 Å². The molecule has 22 heavy (non-hydrogen) atoms. The van der Waals surface area contributed by atoms with E-state index in [1.54, 1.807) is 6.07 Å². The van der Waals surface area contributed by atoms with E-state index in [1.165, 1.54) is 6.07 Å². The zero-order chi connectivity index (χ0) is 15.9. The number of benzene rings is 1. The maximum atomic E-state index is 11.0. The van der Waals surface area contributed by atoms with Gasteiger partial charge in [0.05, 0.1) is 11.5 Å². The van der Waals surface area contributed by atoms with Crippen molar-refractivity contribution in [2.75, 3.05) is 5.32 Å². The van der Waals surface area contributed by atoms with E-state index >= 15 is 0 Å². The molecule has 0 atom stereocenters. The number of aromatic nitrogens is 2. The minimum absolute atomic E-state index is 0.127. The third kappa shape index (κ3) is 4.03. The van der Waals surface area contributed by atoms with E-state index in [9.17, 15) is 10.1 Å². The molecule has 0 saturated carbocycles. The van der Waals surface area contributed by atoms with Gasteiger partial charge < -0.3 is 9.84 Å². The number of anilines is 1. The first-order chi connectivity index (χ1) is 10.6. The molecule has 0 radical (unpaired) electrons. The van der Waals surface area contributed by atoms with Crippen LogP contribution in [0.2, 0.25) is 0 Å². The number of aryl methyl sites for hydroxylation is 2. The fourth-order valence-corrected chi connectivity index (χ4v) is 2.12. The first kappa shape index (κ1) is 15.9. The van der Waals surface area contributed by atoms with Gasteiger partial charge in [-0.05, 0) is 18.9 Å². The Hall–Kier alpha value is -2.44. The molecule has 0 saturated heterocycles. The average molecular weight is 304 g/mol. The Balaban J connectivity index is 2.00. The predicted octanol–water partition coefficient (Wildman–Crippen LogP) is 3.49. The third-order valence-electron chi connectivity index (χ3n) is 3.37. The van der Waals surface area contributed by atoms with Crippen LogP contribution in [0.15, 0.2) is 22.7 Å². The van der Waals surface area contributed by atoms with Crippen LogP contribution in [0.5, 0.6) is 0 Å². The molecule has 1 N–H and O–H groups in total. The smallest absolute Gasteiger partial charge is 0.274 e. The van der Waals surface area contributed by atoms with Crippen LogP contribution in [0.3, 0.4) is 0 Å². The minimum atomic E-state index is -0.362. The molecule has 1 aromatic carbocycles. The highest BCUT2D eigenvalue weighted by atomic mass is 16.6. The van der Waals surface area contributed by atoms with Crippen molar-refractivity contribution in [1.29, 1.82) is 0 Å². The first-order valence-electron chi connectivity index (χ1n) is 7.46. The zero-order valence-corrected chi connectivity index (χ0v) is 12.8. The topological polar surface area (TPSA) is 94.1 Å². The van der Waals surface area contributed by atoms with Crippen LogP contribution in [-0.4, -0.2) is 15.1 Å². The van der Waals surface area contributed by atoms with Crippen molar-refractivity contribution in [3.63, 3.8) is 0 Å². The lowest BCUT2D eigenvalue weighted by atomic mass is 10.1. The molecule has 7 heteroatoms. The molecule has 118 valence electrons. The molecular formula is C15H20N4O3. The quantitative estimate of drug-likeness (QED) is 0.592. The van der Waals surface area contributed by atoms with Gasteiger partial charge in [-0.3, -0.25) is 10.1 Å². The molecule has 0 amide bonds. The summed E-state index contributed by atoms with van der Waals surface area (Å²) in [5.74, 6) is 1.18. The Morgan fingerprint density at radius 3 is 2.86 bits per heavy atom. The largest absolute Gasteiger partial charge is 0.376 e. The molecule has 0 aliphatic carbocycles. The molecule has 0 aliphatic rings. The zero-order valence-electron chi connectivity index (χ0n) is 12.8. The molecule has 2 rings (SSSR count). The van der Waals surface area contributed by atoms with Crippen molar-refractivity contribution in [2.24, 2.45) is 0 Å². The number of nitro benzene ring substituents is 1. The lowest BCUT2D eigenvalue weighted by Gasteiger charge is -2.05. The van der Waals surface area contributed by atoms with Gasteiger partial charge in [-0.2, -0.15) is 4.98 Å². The molecule has 0 spiro atoms. The highest BCUT2D eigenvalue weighted by molar-refractivity contribution is 5.55. The van der Waals surface area contributed by atoms with Crippen LogP contribution < -0.4 is 5.32 Å². The van der Waals surface area contributed by atoms with Crippen molar-refractivity contribution < 1.29 is 9.45 Å².